The Kier molecular flexibility index (Phi) is 2.76. The van der Waals surface area contributed by atoms with E-state index in [9.17, 15) is 16.4 Å². The van der Waals surface area contributed by atoms with Crippen molar-refractivity contribution in [3.8, 4) is 33.4 Å². The van der Waals surface area contributed by atoms with E-state index in [4.69, 9.17) is 24.7 Å². The van der Waals surface area contributed by atoms with E-state index in [0.29, 0.717) is 16.2 Å². The number of nitrogens with zero attached hydrogens (tertiary/aromatic N) is 1. The first-order valence-electron chi connectivity index (χ1n) is 28.9. The molecule has 0 N–H and O–H groups in total. The lowest BCUT2D eigenvalue weighted by Crippen LogP contribution is -2.10. The van der Waals surface area contributed by atoms with Crippen molar-refractivity contribution in [3.63, 3.8) is 0 Å². The van der Waals surface area contributed by atoms with E-state index in [1.54, 1.807) is 0 Å². The van der Waals surface area contributed by atoms with Gasteiger partial charge in [0.15, 0.2) is 0 Å². The molecule has 0 radical (unpaired) electrons. The van der Waals surface area contributed by atoms with Crippen LogP contribution < -0.4 is 4.90 Å². The van der Waals surface area contributed by atoms with Gasteiger partial charge >= 0.3 is 0 Å². The van der Waals surface area contributed by atoms with Crippen LogP contribution >= 0.6 is 11.3 Å². The van der Waals surface area contributed by atoms with Gasteiger partial charge in [-0.15, -0.1) is 11.3 Å². The van der Waals surface area contributed by atoms with Gasteiger partial charge in [0.05, 0.1) is 46.8 Å². The fraction of sp³-hybridized carbons (Fsp3) is 0. The molecule has 0 spiro atoms. The molecule has 0 atom stereocenters. The third kappa shape index (κ3) is 4.95. The molecule has 8 aromatic carbocycles. The summed E-state index contributed by atoms with van der Waals surface area (Å²) in [5.74, 6) is 0. The maximum Gasteiger partial charge on any atom is 0.0645 e. The van der Waals surface area contributed by atoms with Crippen LogP contribution in [0.5, 0.6) is 0 Å². The molecule has 0 saturated carbocycles. The van der Waals surface area contributed by atoms with Gasteiger partial charge in [0.1, 0.15) is 0 Å². The summed E-state index contributed by atoms with van der Waals surface area (Å²) in [4.78, 5) is 0.531. The number of anilines is 3. The Bertz CT molecular complexity index is 4160. The van der Waals surface area contributed by atoms with E-state index >= 15 is 0 Å². The first-order valence-corrected chi connectivity index (χ1v) is 14.7. The van der Waals surface area contributed by atoms with E-state index in [2.05, 4.69) is 0 Å². The summed E-state index contributed by atoms with van der Waals surface area (Å²) in [6.07, 6.45) is 0. The number of hydrogen-bond acceptors (Lipinski definition) is 2. The van der Waals surface area contributed by atoms with Crippen LogP contribution in [0.1, 0.15) is 41.1 Å². The van der Waals surface area contributed by atoms with E-state index in [0.717, 1.165) is 6.07 Å². The van der Waals surface area contributed by atoms with Crippen LogP contribution in [0.4, 0.5) is 17.1 Å². The normalized spacial score (nSPS) is 20.1. The predicted octanol–water partition coefficient (Wildman–Crippen LogP) is 13.7. The SMILES string of the molecule is [2H]c1cc(-c2c([2H])c([2H])c([2H])c([2H])c2[2H])c([2H])c([2H])c1N(c1c([2H])c([2H])c(-c2c([2H])c([2H])c([2H])c([2H])c2[2H])c([2H])c1[2H])c1c([2H])c([2H])c([2H])c2sc3c4c([2H])c([2H])c([2H])c([2H])c4c(-c4c([2H])c([2H])c([2H])c([2H])c4[2H])c([2H])c3c12. The van der Waals surface area contributed by atoms with Crippen LogP contribution in [0.15, 0.2) is 187 Å². The maximum absolute atomic E-state index is 10.0. The molecule has 0 aliphatic carbocycles. The van der Waals surface area contributed by atoms with Crippen molar-refractivity contribution >= 4 is 59.3 Å². The second-order valence-electron chi connectivity index (χ2n) is 9.84. The minimum atomic E-state index is -1.20. The molecule has 226 valence electrons. The molecular formula is C46H31NS. The Labute approximate surface area is 326 Å². The van der Waals surface area contributed by atoms with E-state index < -0.39 is 258 Å². The third-order valence-electron chi connectivity index (χ3n) is 7.14. The molecule has 9 rings (SSSR count). The van der Waals surface area contributed by atoms with Gasteiger partial charge in [0, 0.05) is 36.9 Å². The number of thiophene rings is 1. The molecule has 1 nitrogen and oxygen atoms in total. The van der Waals surface area contributed by atoms with Gasteiger partial charge < -0.3 is 4.90 Å². The van der Waals surface area contributed by atoms with Crippen molar-refractivity contribution < 1.29 is 41.1 Å². The van der Waals surface area contributed by atoms with Gasteiger partial charge in [-0.05, 0) is 81.1 Å². The van der Waals surface area contributed by atoms with Gasteiger partial charge in [-0.3, -0.25) is 0 Å². The molecule has 0 fully saturated rings. The largest absolute Gasteiger partial charge is 0.310 e. The molecule has 0 amide bonds. The second kappa shape index (κ2) is 12.0. The summed E-state index contributed by atoms with van der Waals surface area (Å²) in [6.45, 7) is 0. The number of rotatable bonds is 6. The zero-order chi connectivity index (χ0) is 58.0. The lowest BCUT2D eigenvalue weighted by atomic mass is 9.95. The molecule has 0 saturated heterocycles. The van der Waals surface area contributed by atoms with Crippen LogP contribution in [0.2, 0.25) is 0 Å². The summed E-state index contributed by atoms with van der Waals surface area (Å²) < 4.78 is 267. The highest BCUT2D eigenvalue weighted by Gasteiger charge is 2.21. The molecule has 2 heteroatoms. The molecule has 0 unspecified atom stereocenters. The summed E-state index contributed by atoms with van der Waals surface area (Å²) in [5, 5.41) is -2.13. The molecule has 1 aromatic heterocycles. The van der Waals surface area contributed by atoms with Crippen molar-refractivity contribution in [1.82, 2.24) is 0 Å². The van der Waals surface area contributed by atoms with E-state index in [1.165, 1.54) is 0 Å². The molecular weight excluding hydrogens is 599 g/mol. The van der Waals surface area contributed by atoms with Crippen LogP contribution in [-0.2, 0) is 0 Å². The Morgan fingerprint density at radius 2 is 0.958 bits per heavy atom. The summed E-state index contributed by atoms with van der Waals surface area (Å²) in [7, 11) is 0. The minimum absolute atomic E-state index is 0.307. The molecule has 1 heterocycles. The fourth-order valence-corrected chi connectivity index (χ4v) is 6.19. The predicted molar refractivity (Wildman–Crippen MR) is 208 cm³/mol. The maximum atomic E-state index is 10.0. The summed E-state index contributed by atoms with van der Waals surface area (Å²) >= 11 is 0.508. The zero-order valence-electron chi connectivity index (χ0n) is 53.9. The smallest absolute Gasteiger partial charge is 0.0645 e. The highest BCUT2D eigenvalue weighted by molar-refractivity contribution is 7.26. The first-order chi connectivity index (χ1) is 36.3. The van der Waals surface area contributed by atoms with Crippen LogP contribution in [0, 0.1) is 0 Å². The highest BCUT2D eigenvalue weighted by Crippen LogP contribution is 2.48. The van der Waals surface area contributed by atoms with Crippen molar-refractivity contribution in [3.05, 3.63) is 187 Å². The molecule has 48 heavy (non-hydrogen) atoms. The van der Waals surface area contributed by atoms with Crippen molar-refractivity contribution in [2.24, 2.45) is 0 Å². The van der Waals surface area contributed by atoms with Crippen LogP contribution in [-0.4, -0.2) is 0 Å². The monoisotopic (exact) mass is 659 g/mol. The Balaban J connectivity index is 1.57. The molecule has 9 aromatic rings. The second-order valence-corrected chi connectivity index (χ2v) is 10.9. The average Bonchev–Trinajstić information content (AvgIpc) is 3.83. The van der Waals surface area contributed by atoms with Crippen molar-refractivity contribution in [2.45, 2.75) is 0 Å². The van der Waals surface area contributed by atoms with Gasteiger partial charge in [-0.2, -0.15) is 0 Å². The van der Waals surface area contributed by atoms with Crippen LogP contribution in [0.25, 0.3) is 64.3 Å². The van der Waals surface area contributed by atoms with Crippen molar-refractivity contribution in [2.75, 3.05) is 4.90 Å². The third-order valence-corrected chi connectivity index (χ3v) is 8.26. The Morgan fingerprint density at radius 1 is 0.417 bits per heavy atom. The lowest BCUT2D eigenvalue weighted by Gasteiger charge is -2.27. The lowest BCUT2D eigenvalue weighted by molar-refractivity contribution is 1.30. The number of benzene rings is 8. The fourth-order valence-electron chi connectivity index (χ4n) is 5.07. The quantitative estimate of drug-likeness (QED) is 0.172. The molecule has 0 bridgehead atoms. The molecule has 0 aliphatic rings. The van der Waals surface area contributed by atoms with Gasteiger partial charge in [0.25, 0.3) is 0 Å². The highest BCUT2D eigenvalue weighted by atomic mass is 32.1. The number of fused-ring (bicyclic) bond motifs is 5. The van der Waals surface area contributed by atoms with E-state index in [1.807, 2.05) is 0 Å². The summed E-state index contributed by atoms with van der Waals surface area (Å²) in [5.41, 5.74) is -7.27. The van der Waals surface area contributed by atoms with Gasteiger partial charge in [-0.1, -0.05) is 145 Å². The number of hydrogen-bond donors (Lipinski definition) is 0. The Morgan fingerprint density at radius 3 is 1.65 bits per heavy atom. The topological polar surface area (TPSA) is 3.24 Å². The van der Waals surface area contributed by atoms with Gasteiger partial charge in [0.2, 0.25) is 0 Å². The summed E-state index contributed by atoms with van der Waals surface area (Å²) in [6, 6.07) is -27.8. The standard InChI is InChI=1S/C46H31NS/c1-4-13-32(14-5-1)34-23-27-37(28-24-34)47(38-29-25-35(26-30-38)33-15-6-2-7-16-33)43-21-12-22-44-45(43)42-31-41(36-17-8-3-9-18-36)39-19-10-11-20-40(39)46(42)48-44/h1-31H/i1D,2D,3D,4D,5D,6D,7D,8D,9D,10D,11D,12D,13D,14D,15D,16D,17D,18D,19D,20D,21D,22D,23D,24D,25D,27D,28D,29D,30D,31D. The average molecular weight is 660 g/mol. The molecule has 0 aliphatic heterocycles. The Hall–Kier alpha value is -5.96. The van der Waals surface area contributed by atoms with Crippen molar-refractivity contribution in [1.29, 1.82) is 0 Å². The van der Waals surface area contributed by atoms with E-state index in [-0.39, 0.29) is 4.70 Å². The minimum Gasteiger partial charge on any atom is -0.310 e. The zero-order valence-corrected chi connectivity index (χ0v) is 24.7. The van der Waals surface area contributed by atoms with Gasteiger partial charge in [-0.25, -0.2) is 0 Å². The van der Waals surface area contributed by atoms with Crippen LogP contribution in [0.3, 0.4) is 0 Å². The first kappa shape index (κ1) is 11.1.